The van der Waals surface area contributed by atoms with Crippen LogP contribution in [0.4, 0.5) is 0 Å². The van der Waals surface area contributed by atoms with Crippen molar-refractivity contribution >= 4 is 5.91 Å². The van der Waals surface area contributed by atoms with Crippen LogP contribution < -0.4 is 10.9 Å². The number of hydrogen-bond donors (Lipinski definition) is 2. The fraction of sp³-hybridized carbons (Fsp3) is 0.471. The highest BCUT2D eigenvalue weighted by molar-refractivity contribution is 5.95. The van der Waals surface area contributed by atoms with Gasteiger partial charge in [-0.2, -0.15) is 5.10 Å². The molecule has 3 heterocycles. The summed E-state index contributed by atoms with van der Waals surface area (Å²) in [5.41, 5.74) is 2.64. The van der Waals surface area contributed by atoms with Gasteiger partial charge in [-0.3, -0.25) is 9.89 Å². The molecule has 7 heteroatoms. The number of carbonyl (C=O) groups is 1. The number of hydrogen-bond acceptors (Lipinski definition) is 5. The van der Waals surface area contributed by atoms with Crippen LogP contribution in [-0.4, -0.2) is 22.7 Å². The summed E-state index contributed by atoms with van der Waals surface area (Å²) in [6.07, 6.45) is 1.58. The molecule has 24 heavy (non-hydrogen) atoms. The molecule has 0 aromatic carbocycles. The third-order valence-electron chi connectivity index (χ3n) is 4.35. The molecule has 1 fully saturated rings. The van der Waals surface area contributed by atoms with Gasteiger partial charge in [0.05, 0.1) is 5.69 Å². The SMILES string of the molecule is Cc1cc(C2CCCO2)oc(=O)c1C(=O)NCc1c(C)n[nH]c1C. The van der Waals surface area contributed by atoms with Crippen molar-refractivity contribution in [3.8, 4) is 0 Å². The second-order valence-corrected chi connectivity index (χ2v) is 6.09. The van der Waals surface area contributed by atoms with E-state index < -0.39 is 11.5 Å². The van der Waals surface area contributed by atoms with Crippen molar-refractivity contribution in [2.24, 2.45) is 0 Å². The fourth-order valence-electron chi connectivity index (χ4n) is 2.96. The van der Waals surface area contributed by atoms with Crippen LogP contribution in [0, 0.1) is 20.8 Å². The van der Waals surface area contributed by atoms with E-state index in [2.05, 4.69) is 15.5 Å². The Morgan fingerprint density at radius 3 is 2.79 bits per heavy atom. The molecule has 0 spiro atoms. The van der Waals surface area contributed by atoms with Crippen molar-refractivity contribution in [1.82, 2.24) is 15.5 Å². The summed E-state index contributed by atoms with van der Waals surface area (Å²) in [4.78, 5) is 24.7. The maximum Gasteiger partial charge on any atom is 0.349 e. The van der Waals surface area contributed by atoms with E-state index in [0.29, 0.717) is 24.5 Å². The number of aromatic amines is 1. The largest absolute Gasteiger partial charge is 0.424 e. The number of ether oxygens (including phenoxy) is 1. The van der Waals surface area contributed by atoms with Crippen LogP contribution in [0.2, 0.25) is 0 Å². The zero-order valence-electron chi connectivity index (χ0n) is 14.1. The van der Waals surface area contributed by atoms with E-state index in [-0.39, 0.29) is 11.7 Å². The van der Waals surface area contributed by atoms with Gasteiger partial charge in [0.1, 0.15) is 17.4 Å². The molecule has 0 aliphatic carbocycles. The number of nitrogens with one attached hydrogen (secondary N) is 2. The molecule has 1 unspecified atom stereocenters. The number of carbonyl (C=O) groups excluding carboxylic acids is 1. The molecule has 0 bridgehead atoms. The Kier molecular flexibility index (Phi) is 4.53. The van der Waals surface area contributed by atoms with Crippen LogP contribution in [0.25, 0.3) is 0 Å². The summed E-state index contributed by atoms with van der Waals surface area (Å²) < 4.78 is 10.8. The highest BCUT2D eigenvalue weighted by atomic mass is 16.5. The molecule has 2 aromatic rings. The molecule has 0 saturated carbocycles. The van der Waals surface area contributed by atoms with Crippen LogP contribution in [0.1, 0.15) is 57.6 Å². The van der Waals surface area contributed by atoms with Crippen molar-refractivity contribution < 1.29 is 13.9 Å². The number of aromatic nitrogens is 2. The first-order valence-corrected chi connectivity index (χ1v) is 8.02. The average Bonchev–Trinajstić information content (AvgIpc) is 3.16. The quantitative estimate of drug-likeness (QED) is 0.894. The Bertz CT molecular complexity index is 796. The molecule has 3 rings (SSSR count). The van der Waals surface area contributed by atoms with Gasteiger partial charge in [0.2, 0.25) is 0 Å². The minimum absolute atomic E-state index is 0.0375. The number of H-pyrrole nitrogens is 1. The third-order valence-corrected chi connectivity index (χ3v) is 4.35. The van der Waals surface area contributed by atoms with Gasteiger partial charge in [-0.25, -0.2) is 4.79 Å². The second-order valence-electron chi connectivity index (χ2n) is 6.09. The Hall–Kier alpha value is -2.41. The predicted molar refractivity (Wildman–Crippen MR) is 86.9 cm³/mol. The number of amides is 1. The van der Waals surface area contributed by atoms with Crippen molar-refractivity contribution in [3.63, 3.8) is 0 Å². The van der Waals surface area contributed by atoms with Crippen molar-refractivity contribution in [2.75, 3.05) is 6.61 Å². The molecular formula is C17H21N3O4. The average molecular weight is 331 g/mol. The van der Waals surface area contributed by atoms with Crippen LogP contribution in [0.3, 0.4) is 0 Å². The monoisotopic (exact) mass is 331 g/mol. The van der Waals surface area contributed by atoms with E-state index in [9.17, 15) is 9.59 Å². The third kappa shape index (κ3) is 3.12. The zero-order chi connectivity index (χ0) is 17.3. The first-order chi connectivity index (χ1) is 11.5. The summed E-state index contributed by atoms with van der Waals surface area (Å²) in [5, 5.41) is 9.72. The molecule has 7 nitrogen and oxygen atoms in total. The van der Waals surface area contributed by atoms with Crippen molar-refractivity contribution in [2.45, 2.75) is 46.3 Å². The molecule has 1 atom stereocenters. The maximum absolute atomic E-state index is 12.4. The maximum atomic E-state index is 12.4. The topological polar surface area (TPSA) is 97.2 Å². The molecule has 1 aliphatic rings. The minimum Gasteiger partial charge on any atom is -0.424 e. The summed E-state index contributed by atoms with van der Waals surface area (Å²) in [7, 11) is 0. The highest BCUT2D eigenvalue weighted by Gasteiger charge is 2.24. The van der Waals surface area contributed by atoms with Gasteiger partial charge in [-0.1, -0.05) is 0 Å². The lowest BCUT2D eigenvalue weighted by Gasteiger charge is -2.11. The molecule has 2 aromatic heterocycles. The van der Waals surface area contributed by atoms with Gasteiger partial charge in [0.25, 0.3) is 5.91 Å². The lowest BCUT2D eigenvalue weighted by Crippen LogP contribution is -2.29. The number of nitrogens with zero attached hydrogens (tertiary/aromatic N) is 1. The summed E-state index contributed by atoms with van der Waals surface area (Å²) in [6, 6.07) is 1.72. The summed E-state index contributed by atoms with van der Waals surface area (Å²) >= 11 is 0. The smallest absolute Gasteiger partial charge is 0.349 e. The van der Waals surface area contributed by atoms with Gasteiger partial charge in [-0.05, 0) is 45.2 Å². The predicted octanol–water partition coefficient (Wildman–Crippen LogP) is 2.07. The van der Waals surface area contributed by atoms with E-state index in [4.69, 9.17) is 9.15 Å². The molecule has 1 saturated heterocycles. The standard InChI is InChI=1S/C17H21N3O4/c1-9-7-14(13-5-4-6-23-13)24-17(22)15(9)16(21)18-8-12-10(2)19-20-11(12)3/h7,13H,4-6,8H2,1-3H3,(H,18,21)(H,19,20). The van der Waals surface area contributed by atoms with E-state index in [1.54, 1.807) is 13.0 Å². The molecule has 2 N–H and O–H groups in total. The van der Waals surface area contributed by atoms with Crippen molar-refractivity contribution in [1.29, 1.82) is 0 Å². The number of rotatable bonds is 4. The summed E-state index contributed by atoms with van der Waals surface area (Å²) in [6.45, 7) is 6.45. The van der Waals surface area contributed by atoms with Crippen LogP contribution in [-0.2, 0) is 11.3 Å². The lowest BCUT2D eigenvalue weighted by molar-refractivity contribution is 0.0882. The van der Waals surface area contributed by atoms with Gasteiger partial charge >= 0.3 is 5.63 Å². The van der Waals surface area contributed by atoms with Crippen LogP contribution >= 0.6 is 0 Å². The van der Waals surface area contributed by atoms with Gasteiger partial charge in [-0.15, -0.1) is 0 Å². The Morgan fingerprint density at radius 1 is 1.42 bits per heavy atom. The van der Waals surface area contributed by atoms with E-state index in [0.717, 1.165) is 29.8 Å². The molecular weight excluding hydrogens is 310 g/mol. The summed E-state index contributed by atoms with van der Waals surface area (Å²) in [5.74, 6) is 0.0493. The molecule has 128 valence electrons. The molecule has 1 amide bonds. The normalized spacial score (nSPS) is 17.2. The Morgan fingerprint density at radius 2 is 2.21 bits per heavy atom. The van der Waals surface area contributed by atoms with E-state index >= 15 is 0 Å². The number of aryl methyl sites for hydroxylation is 3. The Balaban J connectivity index is 1.78. The first kappa shape index (κ1) is 16.4. The van der Waals surface area contributed by atoms with Crippen LogP contribution in [0.5, 0.6) is 0 Å². The van der Waals surface area contributed by atoms with Gasteiger partial charge in [0.15, 0.2) is 0 Å². The molecule has 0 radical (unpaired) electrons. The second kappa shape index (κ2) is 6.60. The van der Waals surface area contributed by atoms with Gasteiger partial charge in [0, 0.05) is 24.4 Å². The van der Waals surface area contributed by atoms with Crippen LogP contribution in [0.15, 0.2) is 15.3 Å². The lowest BCUT2D eigenvalue weighted by atomic mass is 10.1. The van der Waals surface area contributed by atoms with E-state index in [1.165, 1.54) is 0 Å². The fourth-order valence-corrected chi connectivity index (χ4v) is 2.96. The zero-order valence-corrected chi connectivity index (χ0v) is 14.1. The first-order valence-electron chi connectivity index (χ1n) is 8.02. The van der Waals surface area contributed by atoms with Gasteiger partial charge < -0.3 is 14.5 Å². The van der Waals surface area contributed by atoms with Crippen molar-refractivity contribution in [3.05, 3.63) is 50.3 Å². The highest BCUT2D eigenvalue weighted by Crippen LogP contribution is 2.28. The van der Waals surface area contributed by atoms with E-state index in [1.807, 2.05) is 13.8 Å². The Labute approximate surface area is 139 Å². The minimum atomic E-state index is -0.626. The molecule has 1 aliphatic heterocycles.